The van der Waals surface area contributed by atoms with Crippen molar-refractivity contribution in [1.82, 2.24) is 0 Å². The van der Waals surface area contributed by atoms with E-state index < -0.39 is 9.84 Å². The van der Waals surface area contributed by atoms with Crippen LogP contribution in [0, 0.1) is 0 Å². The Morgan fingerprint density at radius 2 is 2.06 bits per heavy atom. The molecule has 1 rings (SSSR count). The molecule has 0 aliphatic carbocycles. The van der Waals surface area contributed by atoms with E-state index in [9.17, 15) is 8.42 Å². The third-order valence-corrected chi connectivity index (χ3v) is 3.64. The molecule has 0 fully saturated rings. The predicted molar refractivity (Wildman–Crippen MR) is 72.3 cm³/mol. The third-order valence-electron chi connectivity index (χ3n) is 2.48. The maximum Gasteiger partial charge on any atom is 0.149 e. The summed E-state index contributed by atoms with van der Waals surface area (Å²) in [6, 6.07) is 5.43. The lowest BCUT2D eigenvalue weighted by molar-refractivity contribution is 0.601. The third kappa shape index (κ3) is 4.53. The van der Waals surface area contributed by atoms with Crippen LogP contribution in [-0.2, 0) is 16.4 Å². The van der Waals surface area contributed by atoms with E-state index in [0.29, 0.717) is 18.1 Å². The smallest absolute Gasteiger partial charge is 0.149 e. The highest BCUT2D eigenvalue weighted by Crippen LogP contribution is 2.23. The average Bonchev–Trinajstić information content (AvgIpc) is 2.25. The molecule has 6 heteroatoms. The number of nitrogens with zero attached hydrogens (tertiary/aromatic N) is 1. The van der Waals surface area contributed by atoms with E-state index in [0.717, 1.165) is 11.3 Å². The highest BCUT2D eigenvalue weighted by atomic mass is 35.5. The standard InChI is InChI=1S/C11H17ClN2O2S/c1-14(5-6-17(2,15)16)11-7-10(12)4-3-9(11)8-13/h3-4,7H,5-6,8,13H2,1-2H3. The first-order valence-corrected chi connectivity index (χ1v) is 7.64. The van der Waals surface area contributed by atoms with Crippen molar-refractivity contribution >= 4 is 27.1 Å². The Labute approximate surface area is 107 Å². The Balaban J connectivity index is 2.87. The molecule has 2 N–H and O–H groups in total. The van der Waals surface area contributed by atoms with Gasteiger partial charge in [0.15, 0.2) is 0 Å². The fourth-order valence-electron chi connectivity index (χ4n) is 1.49. The van der Waals surface area contributed by atoms with Crippen LogP contribution in [0.4, 0.5) is 5.69 Å². The first-order chi connectivity index (χ1) is 7.83. The average molecular weight is 277 g/mol. The van der Waals surface area contributed by atoms with E-state index in [1.54, 1.807) is 12.1 Å². The van der Waals surface area contributed by atoms with Crippen LogP contribution in [0.15, 0.2) is 18.2 Å². The fourth-order valence-corrected chi connectivity index (χ4v) is 2.26. The molecule has 96 valence electrons. The summed E-state index contributed by atoms with van der Waals surface area (Å²) in [5.74, 6) is 0.111. The molecule has 0 saturated carbocycles. The summed E-state index contributed by atoms with van der Waals surface area (Å²) in [5, 5.41) is 0.614. The second kappa shape index (κ2) is 5.71. The summed E-state index contributed by atoms with van der Waals surface area (Å²) in [6.45, 7) is 0.821. The summed E-state index contributed by atoms with van der Waals surface area (Å²) in [5.41, 5.74) is 7.46. The number of hydrogen-bond donors (Lipinski definition) is 1. The van der Waals surface area contributed by atoms with Crippen LogP contribution >= 0.6 is 11.6 Å². The van der Waals surface area contributed by atoms with Gasteiger partial charge in [0, 0.05) is 37.1 Å². The number of nitrogens with two attached hydrogens (primary N) is 1. The minimum Gasteiger partial charge on any atom is -0.373 e. The van der Waals surface area contributed by atoms with E-state index in [2.05, 4.69) is 0 Å². The highest BCUT2D eigenvalue weighted by Gasteiger charge is 2.10. The zero-order valence-corrected chi connectivity index (χ0v) is 11.6. The molecular formula is C11H17ClN2O2S. The predicted octanol–water partition coefficient (Wildman–Crippen LogP) is 1.28. The number of benzene rings is 1. The van der Waals surface area contributed by atoms with Crippen LogP contribution in [0.2, 0.25) is 5.02 Å². The van der Waals surface area contributed by atoms with Crippen molar-refractivity contribution in [3.8, 4) is 0 Å². The van der Waals surface area contributed by atoms with Crippen molar-refractivity contribution in [1.29, 1.82) is 0 Å². The molecule has 0 aliphatic rings. The van der Waals surface area contributed by atoms with Crippen molar-refractivity contribution in [2.24, 2.45) is 5.73 Å². The van der Waals surface area contributed by atoms with Gasteiger partial charge in [0.25, 0.3) is 0 Å². The van der Waals surface area contributed by atoms with Gasteiger partial charge in [-0.3, -0.25) is 0 Å². The number of rotatable bonds is 5. The first-order valence-electron chi connectivity index (χ1n) is 5.21. The highest BCUT2D eigenvalue weighted by molar-refractivity contribution is 7.90. The Morgan fingerprint density at radius 1 is 1.41 bits per heavy atom. The van der Waals surface area contributed by atoms with Crippen molar-refractivity contribution in [2.75, 3.05) is 30.5 Å². The van der Waals surface area contributed by atoms with E-state index in [1.165, 1.54) is 6.26 Å². The maximum absolute atomic E-state index is 11.1. The van der Waals surface area contributed by atoms with E-state index in [1.807, 2.05) is 18.0 Å². The molecule has 0 radical (unpaired) electrons. The molecule has 0 aromatic heterocycles. The van der Waals surface area contributed by atoms with Crippen LogP contribution in [0.25, 0.3) is 0 Å². The molecule has 0 saturated heterocycles. The number of halogens is 1. The van der Waals surface area contributed by atoms with Gasteiger partial charge < -0.3 is 10.6 Å². The Morgan fingerprint density at radius 3 is 2.59 bits per heavy atom. The second-order valence-corrected chi connectivity index (χ2v) is 6.72. The minimum atomic E-state index is -2.96. The molecule has 0 bridgehead atoms. The van der Waals surface area contributed by atoms with Gasteiger partial charge in [0.1, 0.15) is 9.84 Å². The zero-order valence-electron chi connectivity index (χ0n) is 9.98. The van der Waals surface area contributed by atoms with E-state index in [-0.39, 0.29) is 5.75 Å². The van der Waals surface area contributed by atoms with Crippen LogP contribution < -0.4 is 10.6 Å². The van der Waals surface area contributed by atoms with Gasteiger partial charge in [0.05, 0.1) is 5.75 Å². The molecule has 0 amide bonds. The number of hydrogen-bond acceptors (Lipinski definition) is 4. The van der Waals surface area contributed by atoms with Crippen molar-refractivity contribution < 1.29 is 8.42 Å². The van der Waals surface area contributed by atoms with Crippen LogP contribution in [-0.4, -0.2) is 34.0 Å². The molecule has 0 atom stereocenters. The van der Waals surface area contributed by atoms with Gasteiger partial charge in [-0.05, 0) is 17.7 Å². The molecule has 0 aliphatic heterocycles. The van der Waals surface area contributed by atoms with Crippen molar-refractivity contribution in [3.63, 3.8) is 0 Å². The molecule has 4 nitrogen and oxygen atoms in total. The molecule has 0 unspecified atom stereocenters. The lowest BCUT2D eigenvalue weighted by atomic mass is 10.1. The molecular weight excluding hydrogens is 260 g/mol. The second-order valence-electron chi connectivity index (χ2n) is 4.03. The number of sulfone groups is 1. The summed E-state index contributed by atoms with van der Waals surface area (Å²) in [4.78, 5) is 1.86. The lowest BCUT2D eigenvalue weighted by Crippen LogP contribution is -2.26. The Hall–Kier alpha value is -0.780. The summed E-state index contributed by atoms with van der Waals surface area (Å²) < 4.78 is 22.2. The van der Waals surface area contributed by atoms with Crippen LogP contribution in [0.5, 0.6) is 0 Å². The summed E-state index contributed by atoms with van der Waals surface area (Å²) in [6.07, 6.45) is 1.22. The Bertz CT molecular complexity index is 488. The SMILES string of the molecule is CN(CCS(C)(=O)=O)c1cc(Cl)ccc1CN. The summed E-state index contributed by atoms with van der Waals surface area (Å²) >= 11 is 5.92. The quantitative estimate of drug-likeness (QED) is 0.880. The van der Waals surface area contributed by atoms with Gasteiger partial charge in [0.2, 0.25) is 0 Å². The van der Waals surface area contributed by atoms with Gasteiger partial charge in [-0.1, -0.05) is 17.7 Å². The zero-order chi connectivity index (χ0) is 13.1. The first kappa shape index (κ1) is 14.3. The summed E-state index contributed by atoms with van der Waals surface area (Å²) in [7, 11) is -1.13. The molecule has 17 heavy (non-hydrogen) atoms. The molecule has 1 aromatic rings. The molecule has 1 aromatic carbocycles. The topological polar surface area (TPSA) is 63.4 Å². The normalized spacial score (nSPS) is 11.5. The van der Waals surface area contributed by atoms with Gasteiger partial charge in [-0.15, -0.1) is 0 Å². The molecule has 0 heterocycles. The molecule has 0 spiro atoms. The van der Waals surface area contributed by atoms with E-state index >= 15 is 0 Å². The van der Waals surface area contributed by atoms with Gasteiger partial charge >= 0.3 is 0 Å². The van der Waals surface area contributed by atoms with Gasteiger partial charge in [-0.25, -0.2) is 8.42 Å². The largest absolute Gasteiger partial charge is 0.373 e. The Kier molecular flexibility index (Phi) is 4.80. The monoisotopic (exact) mass is 276 g/mol. The van der Waals surface area contributed by atoms with Crippen LogP contribution in [0.1, 0.15) is 5.56 Å². The maximum atomic E-state index is 11.1. The lowest BCUT2D eigenvalue weighted by Gasteiger charge is -2.22. The van der Waals surface area contributed by atoms with Crippen molar-refractivity contribution in [3.05, 3.63) is 28.8 Å². The van der Waals surface area contributed by atoms with Crippen molar-refractivity contribution in [2.45, 2.75) is 6.54 Å². The van der Waals surface area contributed by atoms with E-state index in [4.69, 9.17) is 17.3 Å². The number of anilines is 1. The van der Waals surface area contributed by atoms with Crippen LogP contribution in [0.3, 0.4) is 0 Å². The van der Waals surface area contributed by atoms with Gasteiger partial charge in [-0.2, -0.15) is 0 Å². The minimum absolute atomic E-state index is 0.111. The fraction of sp³-hybridized carbons (Fsp3) is 0.455.